The van der Waals surface area contributed by atoms with Gasteiger partial charge < -0.3 is 19.7 Å². The molecule has 0 unspecified atom stereocenters. The predicted octanol–water partition coefficient (Wildman–Crippen LogP) is 3.57. The van der Waals surface area contributed by atoms with Crippen LogP contribution in [0.1, 0.15) is 26.7 Å². The molecule has 0 saturated carbocycles. The number of amides is 1. The number of ether oxygens (including phenoxy) is 2. The van der Waals surface area contributed by atoms with Crippen LogP contribution in [0.3, 0.4) is 0 Å². The number of hydrogen-bond acceptors (Lipinski definition) is 5. The third-order valence-electron chi connectivity index (χ3n) is 5.39. The Labute approximate surface area is 186 Å². The molecule has 31 heavy (non-hydrogen) atoms. The largest absolute Gasteiger partial charge is 0.490 e. The monoisotopic (exact) mass is 425 g/mol. The molecule has 1 heterocycles. The first-order valence-corrected chi connectivity index (χ1v) is 11.3. The van der Waals surface area contributed by atoms with E-state index in [1.54, 1.807) is 0 Å². The van der Waals surface area contributed by atoms with Crippen molar-refractivity contribution in [1.82, 2.24) is 10.2 Å². The molecule has 168 valence electrons. The molecule has 0 spiro atoms. The van der Waals surface area contributed by atoms with E-state index in [1.807, 2.05) is 31.2 Å². The summed E-state index contributed by atoms with van der Waals surface area (Å²) in [4.78, 5) is 17.1. The molecular formula is C25H35N3O3. The number of benzene rings is 2. The number of carbonyl (C=O) groups excluding carboxylic acids is 1. The maximum absolute atomic E-state index is 12.3. The van der Waals surface area contributed by atoms with Gasteiger partial charge in [0.05, 0.1) is 13.2 Å². The molecule has 1 N–H and O–H groups in total. The normalized spacial score (nSPS) is 15.4. The number of anilines is 1. The summed E-state index contributed by atoms with van der Waals surface area (Å²) in [7, 11) is 0. The zero-order valence-corrected chi connectivity index (χ0v) is 18.8. The van der Waals surface area contributed by atoms with Crippen LogP contribution < -0.4 is 19.7 Å². The van der Waals surface area contributed by atoms with E-state index in [9.17, 15) is 4.79 Å². The van der Waals surface area contributed by atoms with Crippen molar-refractivity contribution in [3.05, 3.63) is 54.6 Å². The predicted molar refractivity (Wildman–Crippen MR) is 125 cm³/mol. The molecule has 0 aromatic heterocycles. The lowest BCUT2D eigenvalue weighted by Gasteiger charge is -2.37. The van der Waals surface area contributed by atoms with Crippen molar-refractivity contribution in [2.45, 2.75) is 32.7 Å². The zero-order chi connectivity index (χ0) is 21.9. The van der Waals surface area contributed by atoms with Gasteiger partial charge in [-0.15, -0.1) is 0 Å². The molecule has 6 nitrogen and oxygen atoms in total. The second-order valence-electron chi connectivity index (χ2n) is 7.92. The van der Waals surface area contributed by atoms with Gasteiger partial charge in [0.15, 0.2) is 11.5 Å². The fraction of sp³-hybridized carbons (Fsp3) is 0.480. The number of nitrogens with zero attached hydrogens (tertiary/aromatic N) is 2. The molecule has 0 aliphatic carbocycles. The third kappa shape index (κ3) is 7.47. The smallest absolute Gasteiger partial charge is 0.220 e. The Kier molecular flexibility index (Phi) is 9.03. The molecule has 1 aliphatic heterocycles. The van der Waals surface area contributed by atoms with Crippen molar-refractivity contribution >= 4 is 11.6 Å². The minimum absolute atomic E-state index is 0.0807. The number of carbonyl (C=O) groups is 1. The number of nitrogens with one attached hydrogen (secondary N) is 1. The van der Waals surface area contributed by atoms with E-state index < -0.39 is 0 Å². The summed E-state index contributed by atoms with van der Waals surface area (Å²) in [5.74, 6) is 1.56. The van der Waals surface area contributed by atoms with Gasteiger partial charge in [-0.1, -0.05) is 30.3 Å². The first kappa shape index (κ1) is 22.9. The maximum atomic E-state index is 12.3. The first-order valence-electron chi connectivity index (χ1n) is 11.3. The number of rotatable bonds is 11. The molecule has 1 aliphatic rings. The van der Waals surface area contributed by atoms with E-state index in [4.69, 9.17) is 9.47 Å². The molecular weight excluding hydrogens is 390 g/mol. The van der Waals surface area contributed by atoms with Crippen LogP contribution in [0.25, 0.3) is 0 Å². The highest BCUT2D eigenvalue weighted by atomic mass is 16.5. The van der Waals surface area contributed by atoms with Gasteiger partial charge in [0.25, 0.3) is 0 Å². The minimum Gasteiger partial charge on any atom is -0.490 e. The van der Waals surface area contributed by atoms with Gasteiger partial charge in [-0.05, 0) is 44.5 Å². The van der Waals surface area contributed by atoms with Crippen LogP contribution in [0.15, 0.2) is 54.6 Å². The molecule has 1 atom stereocenters. The average molecular weight is 426 g/mol. The topological polar surface area (TPSA) is 54.0 Å². The number of piperazine rings is 1. The molecule has 1 fully saturated rings. The average Bonchev–Trinajstić information content (AvgIpc) is 2.79. The van der Waals surface area contributed by atoms with Gasteiger partial charge in [0, 0.05) is 50.9 Å². The van der Waals surface area contributed by atoms with E-state index in [0.29, 0.717) is 26.1 Å². The van der Waals surface area contributed by atoms with Crippen molar-refractivity contribution in [2.24, 2.45) is 0 Å². The van der Waals surface area contributed by atoms with Gasteiger partial charge in [0.1, 0.15) is 0 Å². The summed E-state index contributed by atoms with van der Waals surface area (Å²) in [6.07, 6.45) is 1.14. The maximum Gasteiger partial charge on any atom is 0.220 e. The fourth-order valence-corrected chi connectivity index (χ4v) is 3.87. The van der Waals surface area contributed by atoms with Gasteiger partial charge in [-0.2, -0.15) is 0 Å². The number of para-hydroxylation sites is 3. The molecule has 1 amide bonds. The Morgan fingerprint density at radius 2 is 1.61 bits per heavy atom. The van der Waals surface area contributed by atoms with Crippen LogP contribution in [0.2, 0.25) is 0 Å². The van der Waals surface area contributed by atoms with Crippen LogP contribution in [-0.2, 0) is 4.79 Å². The van der Waals surface area contributed by atoms with Crippen molar-refractivity contribution in [1.29, 1.82) is 0 Å². The van der Waals surface area contributed by atoms with Crippen molar-refractivity contribution < 1.29 is 14.3 Å². The summed E-state index contributed by atoms with van der Waals surface area (Å²) >= 11 is 0. The Morgan fingerprint density at radius 1 is 0.968 bits per heavy atom. The summed E-state index contributed by atoms with van der Waals surface area (Å²) < 4.78 is 11.4. The summed E-state index contributed by atoms with van der Waals surface area (Å²) in [5.41, 5.74) is 1.29. The van der Waals surface area contributed by atoms with Gasteiger partial charge in [-0.3, -0.25) is 9.69 Å². The molecule has 1 saturated heterocycles. The van der Waals surface area contributed by atoms with Crippen LogP contribution in [0.4, 0.5) is 5.69 Å². The Bertz CT molecular complexity index is 792. The lowest BCUT2D eigenvalue weighted by atomic mass is 10.2. The second kappa shape index (κ2) is 12.2. The third-order valence-corrected chi connectivity index (χ3v) is 5.39. The molecule has 0 radical (unpaired) electrons. The Balaban J connectivity index is 1.30. The lowest BCUT2D eigenvalue weighted by Crippen LogP contribution is -2.50. The summed E-state index contributed by atoms with van der Waals surface area (Å²) in [5, 5.41) is 3.13. The fourth-order valence-electron chi connectivity index (χ4n) is 3.87. The second-order valence-corrected chi connectivity index (χ2v) is 7.92. The van der Waals surface area contributed by atoms with Crippen LogP contribution in [0.5, 0.6) is 11.5 Å². The zero-order valence-electron chi connectivity index (χ0n) is 18.8. The minimum atomic E-state index is 0.0807. The highest BCUT2D eigenvalue weighted by molar-refractivity contribution is 5.76. The Morgan fingerprint density at radius 3 is 2.29 bits per heavy atom. The molecule has 3 rings (SSSR count). The summed E-state index contributed by atoms with van der Waals surface area (Å²) in [6, 6.07) is 18.3. The van der Waals surface area contributed by atoms with Crippen LogP contribution in [0, 0.1) is 0 Å². The molecule has 0 bridgehead atoms. The van der Waals surface area contributed by atoms with Crippen molar-refractivity contribution in [3.8, 4) is 11.5 Å². The molecule has 6 heteroatoms. The van der Waals surface area contributed by atoms with E-state index in [0.717, 1.165) is 44.2 Å². The van der Waals surface area contributed by atoms with Gasteiger partial charge >= 0.3 is 0 Å². The molecule has 2 aromatic rings. The van der Waals surface area contributed by atoms with E-state index in [1.165, 1.54) is 5.69 Å². The van der Waals surface area contributed by atoms with Crippen LogP contribution >= 0.6 is 0 Å². The standard InChI is InChI=1S/C25H35N3O3/c1-3-30-23-12-7-8-13-24(23)31-19-9-14-25(29)26-21(2)20-27-15-17-28(18-16-27)22-10-5-4-6-11-22/h4-8,10-13,21H,3,9,14-20H2,1-2H3,(H,26,29)/t21-/m0/s1. The first-order chi connectivity index (χ1) is 15.2. The Hall–Kier alpha value is -2.73. The van der Waals surface area contributed by atoms with Gasteiger partial charge in [0.2, 0.25) is 5.91 Å². The highest BCUT2D eigenvalue weighted by Gasteiger charge is 2.19. The van der Waals surface area contributed by atoms with Crippen molar-refractivity contribution in [2.75, 3.05) is 50.8 Å². The van der Waals surface area contributed by atoms with E-state index >= 15 is 0 Å². The molecule has 2 aromatic carbocycles. The quantitative estimate of drug-likeness (QED) is 0.558. The van der Waals surface area contributed by atoms with Crippen LogP contribution in [-0.4, -0.2) is 62.8 Å². The summed E-state index contributed by atoms with van der Waals surface area (Å²) in [6.45, 7) is 10.1. The number of hydrogen-bond donors (Lipinski definition) is 1. The van der Waals surface area contributed by atoms with Gasteiger partial charge in [-0.25, -0.2) is 0 Å². The lowest BCUT2D eigenvalue weighted by molar-refractivity contribution is -0.122. The highest BCUT2D eigenvalue weighted by Crippen LogP contribution is 2.26. The van der Waals surface area contributed by atoms with Crippen molar-refractivity contribution in [3.63, 3.8) is 0 Å². The SMILES string of the molecule is CCOc1ccccc1OCCCC(=O)N[C@@H](C)CN1CCN(c2ccccc2)CC1. The van der Waals surface area contributed by atoms with E-state index in [-0.39, 0.29) is 11.9 Å². The van der Waals surface area contributed by atoms with E-state index in [2.05, 4.69) is 52.4 Å².